The number of amides is 1. The van der Waals surface area contributed by atoms with Crippen LogP contribution in [0.2, 0.25) is 0 Å². The number of nitriles is 1. The summed E-state index contributed by atoms with van der Waals surface area (Å²) in [5.41, 5.74) is 3.04. The number of hydrogen-bond donors (Lipinski definition) is 1. The highest BCUT2D eigenvalue weighted by molar-refractivity contribution is 14.1. The molecule has 0 aliphatic rings. The Balaban J connectivity index is 2.87. The Labute approximate surface area is 132 Å². The maximum atomic E-state index is 11.0. The lowest BCUT2D eigenvalue weighted by molar-refractivity contribution is -0.120. The van der Waals surface area contributed by atoms with Crippen LogP contribution < -0.4 is 10.2 Å². The van der Waals surface area contributed by atoms with Crippen molar-refractivity contribution in [1.29, 1.82) is 5.26 Å². The largest absolute Gasteiger partial charge is 0.495 e. The molecule has 0 radical (unpaired) electrons. The standard InChI is InChI=1S/C11H9I2N3O2/c1-18-11-7(4-8(12)5-9(11)13)6-15-16-10(17)2-3-14/h4-6H,2H2,1H3,(H,16,17)/b15-6+. The van der Waals surface area contributed by atoms with Crippen LogP contribution in [0.25, 0.3) is 0 Å². The normalized spacial score (nSPS) is 10.1. The van der Waals surface area contributed by atoms with Gasteiger partial charge in [0.05, 0.1) is 23.0 Å². The molecule has 1 aromatic rings. The van der Waals surface area contributed by atoms with E-state index in [1.807, 2.05) is 12.1 Å². The zero-order valence-corrected chi connectivity index (χ0v) is 13.7. The summed E-state index contributed by atoms with van der Waals surface area (Å²) in [5, 5.41) is 12.1. The summed E-state index contributed by atoms with van der Waals surface area (Å²) in [6.07, 6.45) is 1.29. The fourth-order valence-corrected chi connectivity index (χ4v) is 3.29. The second-order valence-electron chi connectivity index (χ2n) is 3.14. The minimum atomic E-state index is -0.437. The van der Waals surface area contributed by atoms with Crippen molar-refractivity contribution >= 4 is 57.3 Å². The molecule has 0 aliphatic carbocycles. The second-order valence-corrected chi connectivity index (χ2v) is 5.55. The van der Waals surface area contributed by atoms with Crippen LogP contribution in [0.5, 0.6) is 5.75 Å². The molecule has 0 aromatic heterocycles. The second kappa shape index (κ2) is 7.52. The third-order valence-corrected chi connectivity index (χ3v) is 3.30. The zero-order chi connectivity index (χ0) is 13.5. The number of rotatable bonds is 4. The van der Waals surface area contributed by atoms with Crippen molar-refractivity contribution < 1.29 is 9.53 Å². The molecule has 1 rings (SSSR count). The summed E-state index contributed by atoms with van der Waals surface area (Å²) in [4.78, 5) is 11.0. The molecule has 0 fully saturated rings. The van der Waals surface area contributed by atoms with Crippen LogP contribution in [0.15, 0.2) is 17.2 Å². The van der Waals surface area contributed by atoms with Gasteiger partial charge in [0.1, 0.15) is 12.2 Å². The Bertz CT molecular complexity index is 524. The number of benzene rings is 1. The highest BCUT2D eigenvalue weighted by Gasteiger charge is 2.07. The summed E-state index contributed by atoms with van der Waals surface area (Å²) in [7, 11) is 1.58. The molecule has 1 N–H and O–H groups in total. The van der Waals surface area contributed by atoms with E-state index in [4.69, 9.17) is 10.00 Å². The van der Waals surface area contributed by atoms with Crippen molar-refractivity contribution in [1.82, 2.24) is 5.43 Å². The molecule has 0 bridgehead atoms. The van der Waals surface area contributed by atoms with Gasteiger partial charge in [-0.1, -0.05) is 0 Å². The monoisotopic (exact) mass is 469 g/mol. The molecule has 0 saturated carbocycles. The number of nitrogens with one attached hydrogen (secondary N) is 1. The summed E-state index contributed by atoms with van der Waals surface area (Å²) in [6, 6.07) is 5.61. The fraction of sp³-hybridized carbons (Fsp3) is 0.182. The van der Waals surface area contributed by atoms with Crippen LogP contribution in [0.4, 0.5) is 0 Å². The molecule has 1 amide bonds. The van der Waals surface area contributed by atoms with Gasteiger partial charge in [-0.2, -0.15) is 10.4 Å². The van der Waals surface area contributed by atoms with Gasteiger partial charge in [0, 0.05) is 9.13 Å². The van der Waals surface area contributed by atoms with E-state index in [-0.39, 0.29) is 6.42 Å². The maximum absolute atomic E-state index is 11.0. The Morgan fingerprint density at radius 2 is 2.33 bits per heavy atom. The van der Waals surface area contributed by atoms with E-state index in [0.29, 0.717) is 5.75 Å². The molecule has 0 unspecified atom stereocenters. The van der Waals surface area contributed by atoms with E-state index in [1.165, 1.54) is 6.21 Å². The van der Waals surface area contributed by atoms with E-state index in [9.17, 15) is 4.79 Å². The smallest absolute Gasteiger partial charge is 0.254 e. The first kappa shape index (κ1) is 15.2. The number of hydrogen-bond acceptors (Lipinski definition) is 4. The van der Waals surface area contributed by atoms with Gasteiger partial charge in [-0.15, -0.1) is 0 Å². The first-order valence-electron chi connectivity index (χ1n) is 4.80. The van der Waals surface area contributed by atoms with Gasteiger partial charge in [-0.05, 0) is 57.3 Å². The Kier molecular flexibility index (Phi) is 6.34. The summed E-state index contributed by atoms with van der Waals surface area (Å²) < 4.78 is 7.28. The van der Waals surface area contributed by atoms with Crippen LogP contribution in [0.3, 0.4) is 0 Å². The molecule has 1 aromatic carbocycles. The lowest BCUT2D eigenvalue weighted by Crippen LogP contribution is -2.16. The van der Waals surface area contributed by atoms with Crippen LogP contribution in [-0.2, 0) is 4.79 Å². The number of hydrazone groups is 1. The molecule has 0 heterocycles. The van der Waals surface area contributed by atoms with Gasteiger partial charge < -0.3 is 4.74 Å². The average Bonchev–Trinajstić information content (AvgIpc) is 2.28. The molecule has 7 heteroatoms. The molecule has 5 nitrogen and oxygen atoms in total. The predicted octanol–water partition coefficient (Wildman–Crippen LogP) is 2.27. The molecular formula is C11H9I2N3O2. The summed E-state index contributed by atoms with van der Waals surface area (Å²) in [5.74, 6) is 0.266. The van der Waals surface area contributed by atoms with Crippen molar-refractivity contribution in [2.75, 3.05) is 7.11 Å². The molecule has 18 heavy (non-hydrogen) atoms. The lowest BCUT2D eigenvalue weighted by Gasteiger charge is -2.07. The van der Waals surface area contributed by atoms with E-state index in [1.54, 1.807) is 13.2 Å². The molecule has 0 spiro atoms. The highest BCUT2D eigenvalue weighted by Crippen LogP contribution is 2.26. The van der Waals surface area contributed by atoms with Gasteiger partial charge in [0.2, 0.25) is 0 Å². The number of carbonyl (C=O) groups excluding carboxylic acids is 1. The van der Waals surface area contributed by atoms with Crippen molar-refractivity contribution in [3.63, 3.8) is 0 Å². The molecule has 94 valence electrons. The Morgan fingerprint density at radius 3 is 2.94 bits per heavy atom. The van der Waals surface area contributed by atoms with Crippen molar-refractivity contribution in [3.05, 3.63) is 24.8 Å². The predicted molar refractivity (Wildman–Crippen MR) is 84.4 cm³/mol. The number of carbonyl (C=O) groups is 1. The number of ether oxygens (including phenoxy) is 1. The van der Waals surface area contributed by atoms with Crippen molar-refractivity contribution in [3.8, 4) is 11.8 Å². The highest BCUT2D eigenvalue weighted by atomic mass is 127. The van der Waals surface area contributed by atoms with Crippen LogP contribution in [-0.4, -0.2) is 19.2 Å². The quantitative estimate of drug-likeness (QED) is 0.418. The minimum absolute atomic E-state index is 0.210. The SMILES string of the molecule is COc1c(I)cc(I)cc1/C=N/NC(=O)CC#N. The van der Waals surface area contributed by atoms with E-state index < -0.39 is 5.91 Å². The van der Waals surface area contributed by atoms with E-state index >= 15 is 0 Å². The summed E-state index contributed by atoms with van der Waals surface area (Å²) >= 11 is 4.36. The third-order valence-electron chi connectivity index (χ3n) is 1.87. The van der Waals surface area contributed by atoms with Gasteiger partial charge in [0.25, 0.3) is 5.91 Å². The van der Waals surface area contributed by atoms with Crippen LogP contribution >= 0.6 is 45.2 Å². The first-order valence-corrected chi connectivity index (χ1v) is 6.96. The van der Waals surface area contributed by atoms with Gasteiger partial charge in [-0.3, -0.25) is 4.79 Å². The topological polar surface area (TPSA) is 74.5 Å². The molecule has 0 saturated heterocycles. The zero-order valence-electron chi connectivity index (χ0n) is 9.41. The van der Waals surface area contributed by atoms with Crippen molar-refractivity contribution in [2.45, 2.75) is 6.42 Å². The number of nitrogens with zero attached hydrogens (tertiary/aromatic N) is 2. The fourth-order valence-electron chi connectivity index (χ4n) is 1.18. The summed E-state index contributed by atoms with van der Waals surface area (Å²) in [6.45, 7) is 0. The Hall–Kier alpha value is -0.890. The van der Waals surface area contributed by atoms with E-state index in [2.05, 4.69) is 55.7 Å². The molecule has 0 aliphatic heterocycles. The Morgan fingerprint density at radius 1 is 1.61 bits per heavy atom. The lowest BCUT2D eigenvalue weighted by atomic mass is 10.2. The number of methoxy groups -OCH3 is 1. The molecule has 0 atom stereocenters. The first-order chi connectivity index (χ1) is 8.58. The molecular weight excluding hydrogens is 460 g/mol. The van der Waals surface area contributed by atoms with E-state index in [0.717, 1.165) is 12.7 Å². The van der Waals surface area contributed by atoms with Gasteiger partial charge in [-0.25, -0.2) is 5.43 Å². The van der Waals surface area contributed by atoms with Gasteiger partial charge in [0.15, 0.2) is 0 Å². The third kappa shape index (κ3) is 4.41. The van der Waals surface area contributed by atoms with Crippen molar-refractivity contribution in [2.24, 2.45) is 5.10 Å². The van der Waals surface area contributed by atoms with Crippen LogP contribution in [0.1, 0.15) is 12.0 Å². The minimum Gasteiger partial charge on any atom is -0.495 e. The number of halogens is 2. The van der Waals surface area contributed by atoms with Crippen LogP contribution in [0, 0.1) is 18.5 Å². The maximum Gasteiger partial charge on any atom is 0.254 e. The van der Waals surface area contributed by atoms with Gasteiger partial charge >= 0.3 is 0 Å². The average molecular weight is 469 g/mol.